The number of hydrogen-bond acceptors (Lipinski definition) is 3. The Morgan fingerprint density at radius 2 is 1.88 bits per heavy atom. The average molecular weight is 227 g/mol. The average Bonchev–Trinajstić information content (AvgIpc) is 2.25. The summed E-state index contributed by atoms with van der Waals surface area (Å²) in [5.41, 5.74) is 0. The van der Waals surface area contributed by atoms with Crippen molar-refractivity contribution < 1.29 is 14.3 Å². The molecule has 1 aliphatic carbocycles. The SMILES string of the molecule is CC(=O)NC(COC(C)=O)C1CCCCC1. The number of hydrogen-bond donors (Lipinski definition) is 1. The number of rotatable bonds is 4. The Balaban J connectivity index is 2.47. The van der Waals surface area contributed by atoms with E-state index >= 15 is 0 Å². The van der Waals surface area contributed by atoms with Crippen LogP contribution >= 0.6 is 0 Å². The summed E-state index contributed by atoms with van der Waals surface area (Å²) in [6, 6.07) is -0.0123. The largest absolute Gasteiger partial charge is 0.464 e. The number of carbonyl (C=O) groups is 2. The van der Waals surface area contributed by atoms with Crippen LogP contribution in [-0.4, -0.2) is 24.5 Å². The minimum Gasteiger partial charge on any atom is -0.464 e. The van der Waals surface area contributed by atoms with Gasteiger partial charge in [0.15, 0.2) is 0 Å². The molecule has 1 saturated carbocycles. The molecule has 1 atom stereocenters. The van der Waals surface area contributed by atoms with Crippen molar-refractivity contribution in [2.24, 2.45) is 5.92 Å². The fourth-order valence-corrected chi connectivity index (χ4v) is 2.30. The van der Waals surface area contributed by atoms with Crippen molar-refractivity contribution in [3.05, 3.63) is 0 Å². The van der Waals surface area contributed by atoms with Gasteiger partial charge in [0.25, 0.3) is 0 Å². The van der Waals surface area contributed by atoms with E-state index in [9.17, 15) is 9.59 Å². The second-order valence-corrected chi connectivity index (χ2v) is 4.51. The van der Waals surface area contributed by atoms with Crippen LogP contribution in [0.4, 0.5) is 0 Å². The fraction of sp³-hybridized carbons (Fsp3) is 0.833. The van der Waals surface area contributed by atoms with E-state index in [2.05, 4.69) is 5.32 Å². The molecule has 0 aromatic carbocycles. The lowest BCUT2D eigenvalue weighted by Crippen LogP contribution is -2.43. The maximum absolute atomic E-state index is 11.1. The first-order chi connectivity index (χ1) is 7.59. The fourth-order valence-electron chi connectivity index (χ4n) is 2.30. The zero-order chi connectivity index (χ0) is 12.0. The summed E-state index contributed by atoms with van der Waals surface area (Å²) >= 11 is 0. The number of ether oxygens (including phenoxy) is 1. The van der Waals surface area contributed by atoms with Crippen LogP contribution in [0.2, 0.25) is 0 Å². The summed E-state index contributed by atoms with van der Waals surface area (Å²) in [5, 5.41) is 2.89. The smallest absolute Gasteiger partial charge is 0.302 e. The summed E-state index contributed by atoms with van der Waals surface area (Å²) in [6.07, 6.45) is 5.93. The third-order valence-corrected chi connectivity index (χ3v) is 3.07. The summed E-state index contributed by atoms with van der Waals surface area (Å²) in [7, 11) is 0. The van der Waals surface area contributed by atoms with E-state index in [4.69, 9.17) is 4.74 Å². The summed E-state index contributed by atoms with van der Waals surface area (Å²) in [4.78, 5) is 21.9. The molecule has 4 heteroatoms. The quantitative estimate of drug-likeness (QED) is 0.743. The molecule has 0 aromatic rings. The van der Waals surface area contributed by atoms with Crippen molar-refractivity contribution in [3.8, 4) is 0 Å². The monoisotopic (exact) mass is 227 g/mol. The highest BCUT2D eigenvalue weighted by Gasteiger charge is 2.25. The van der Waals surface area contributed by atoms with Gasteiger partial charge >= 0.3 is 5.97 Å². The molecule has 1 N–H and O–H groups in total. The first-order valence-electron chi connectivity index (χ1n) is 6.00. The van der Waals surface area contributed by atoms with Crippen LogP contribution in [0.5, 0.6) is 0 Å². The third kappa shape index (κ3) is 4.64. The lowest BCUT2D eigenvalue weighted by Gasteiger charge is -2.30. The van der Waals surface area contributed by atoms with Crippen LogP contribution in [0.15, 0.2) is 0 Å². The molecule has 0 radical (unpaired) electrons. The molecule has 1 unspecified atom stereocenters. The van der Waals surface area contributed by atoms with Crippen molar-refractivity contribution in [1.82, 2.24) is 5.32 Å². The molecule has 4 nitrogen and oxygen atoms in total. The van der Waals surface area contributed by atoms with Crippen molar-refractivity contribution in [2.75, 3.05) is 6.61 Å². The van der Waals surface area contributed by atoms with Crippen LogP contribution < -0.4 is 5.32 Å². The second-order valence-electron chi connectivity index (χ2n) is 4.51. The molecule has 0 aromatic heterocycles. The molecule has 0 heterocycles. The van der Waals surface area contributed by atoms with E-state index in [-0.39, 0.29) is 17.9 Å². The highest BCUT2D eigenvalue weighted by molar-refractivity contribution is 5.73. The molecule has 16 heavy (non-hydrogen) atoms. The van der Waals surface area contributed by atoms with Gasteiger partial charge in [-0.2, -0.15) is 0 Å². The number of amides is 1. The van der Waals surface area contributed by atoms with E-state index in [1.165, 1.54) is 33.1 Å². The highest BCUT2D eigenvalue weighted by atomic mass is 16.5. The summed E-state index contributed by atoms with van der Waals surface area (Å²) in [5.74, 6) is 0.117. The van der Waals surface area contributed by atoms with Crippen molar-refractivity contribution in [3.63, 3.8) is 0 Å². The van der Waals surface area contributed by atoms with E-state index in [1.807, 2.05) is 0 Å². The predicted molar refractivity (Wildman–Crippen MR) is 60.8 cm³/mol. The van der Waals surface area contributed by atoms with Gasteiger partial charge in [0.2, 0.25) is 5.91 Å². The lowest BCUT2D eigenvalue weighted by atomic mass is 9.84. The standard InChI is InChI=1S/C12H21NO3/c1-9(14)13-12(8-16-10(2)15)11-6-4-3-5-7-11/h11-12H,3-8H2,1-2H3,(H,13,14). The topological polar surface area (TPSA) is 55.4 Å². The molecule has 1 amide bonds. The molecule has 0 saturated heterocycles. The Morgan fingerprint density at radius 3 is 2.38 bits per heavy atom. The van der Waals surface area contributed by atoms with Gasteiger partial charge in [0, 0.05) is 13.8 Å². The van der Waals surface area contributed by atoms with Gasteiger partial charge < -0.3 is 10.1 Å². The van der Waals surface area contributed by atoms with E-state index in [0.29, 0.717) is 12.5 Å². The zero-order valence-corrected chi connectivity index (χ0v) is 10.1. The van der Waals surface area contributed by atoms with Gasteiger partial charge in [-0.15, -0.1) is 0 Å². The maximum Gasteiger partial charge on any atom is 0.302 e. The summed E-state index contributed by atoms with van der Waals surface area (Å²) < 4.78 is 5.00. The molecule has 0 bridgehead atoms. The van der Waals surface area contributed by atoms with E-state index in [1.54, 1.807) is 0 Å². The first kappa shape index (κ1) is 13.0. The molecule has 0 aliphatic heterocycles. The first-order valence-corrected chi connectivity index (χ1v) is 6.00. The van der Waals surface area contributed by atoms with E-state index < -0.39 is 0 Å². The second kappa shape index (κ2) is 6.51. The Bertz CT molecular complexity index is 247. The summed E-state index contributed by atoms with van der Waals surface area (Å²) in [6.45, 7) is 3.20. The van der Waals surface area contributed by atoms with Crippen LogP contribution in [0.1, 0.15) is 46.0 Å². The highest BCUT2D eigenvalue weighted by Crippen LogP contribution is 2.26. The van der Waals surface area contributed by atoms with Crippen molar-refractivity contribution in [1.29, 1.82) is 0 Å². The Morgan fingerprint density at radius 1 is 1.25 bits per heavy atom. The number of carbonyl (C=O) groups excluding carboxylic acids is 2. The number of nitrogens with one attached hydrogen (secondary N) is 1. The minimum atomic E-state index is -0.286. The number of esters is 1. The third-order valence-electron chi connectivity index (χ3n) is 3.07. The minimum absolute atomic E-state index is 0.0123. The molecular weight excluding hydrogens is 206 g/mol. The van der Waals surface area contributed by atoms with E-state index in [0.717, 1.165) is 12.8 Å². The molecule has 1 aliphatic rings. The van der Waals surface area contributed by atoms with Gasteiger partial charge in [0.1, 0.15) is 6.61 Å². The predicted octanol–water partition coefficient (Wildman–Crippen LogP) is 1.63. The maximum atomic E-state index is 11.1. The molecule has 0 spiro atoms. The lowest BCUT2D eigenvalue weighted by molar-refractivity contribution is -0.143. The van der Waals surface area contributed by atoms with Crippen LogP contribution in [0, 0.1) is 5.92 Å². The van der Waals surface area contributed by atoms with Crippen LogP contribution in [-0.2, 0) is 14.3 Å². The molecule has 1 rings (SSSR count). The van der Waals surface area contributed by atoms with Crippen molar-refractivity contribution >= 4 is 11.9 Å². The van der Waals surface area contributed by atoms with Crippen LogP contribution in [0.25, 0.3) is 0 Å². The Hall–Kier alpha value is -1.06. The Kier molecular flexibility index (Phi) is 5.29. The van der Waals surface area contributed by atoms with Gasteiger partial charge in [-0.3, -0.25) is 9.59 Å². The normalized spacial score (nSPS) is 18.9. The van der Waals surface area contributed by atoms with Gasteiger partial charge in [-0.25, -0.2) is 0 Å². The molecular formula is C12H21NO3. The zero-order valence-electron chi connectivity index (χ0n) is 10.1. The molecule has 92 valence electrons. The molecule has 1 fully saturated rings. The Labute approximate surface area is 96.7 Å². The van der Waals surface area contributed by atoms with Crippen molar-refractivity contribution in [2.45, 2.75) is 52.0 Å². The van der Waals surface area contributed by atoms with Crippen LogP contribution in [0.3, 0.4) is 0 Å². The van der Waals surface area contributed by atoms with Gasteiger partial charge in [0.05, 0.1) is 6.04 Å². The van der Waals surface area contributed by atoms with Gasteiger partial charge in [-0.05, 0) is 18.8 Å². The van der Waals surface area contributed by atoms with Gasteiger partial charge in [-0.1, -0.05) is 19.3 Å².